The average molecular weight is 223 g/mol. The summed E-state index contributed by atoms with van der Waals surface area (Å²) in [5, 5.41) is 8.23. The standard InChI is InChI=1S/C11H17N3O2/c1-3-5-8(4-2)14-11(16)9-6-13-10(15)7-12-9/h2,8-9,12H,3,5-7H2,1H3,(H,13,15)(H,14,16). The molecule has 2 amide bonds. The van der Waals surface area contributed by atoms with Crippen LogP contribution < -0.4 is 16.0 Å². The molecule has 2 atom stereocenters. The predicted molar refractivity (Wildman–Crippen MR) is 60.5 cm³/mol. The summed E-state index contributed by atoms with van der Waals surface area (Å²) >= 11 is 0. The number of hydrogen-bond acceptors (Lipinski definition) is 3. The minimum atomic E-state index is -0.384. The molecule has 88 valence electrons. The number of terminal acetylenes is 1. The molecule has 5 nitrogen and oxygen atoms in total. The number of carbonyl (C=O) groups is 2. The van der Waals surface area contributed by atoms with Gasteiger partial charge in [0.25, 0.3) is 0 Å². The minimum Gasteiger partial charge on any atom is -0.353 e. The van der Waals surface area contributed by atoms with Crippen LogP contribution in [0.2, 0.25) is 0 Å². The summed E-state index contributed by atoms with van der Waals surface area (Å²) in [7, 11) is 0. The topological polar surface area (TPSA) is 70.2 Å². The van der Waals surface area contributed by atoms with Gasteiger partial charge in [0.05, 0.1) is 12.6 Å². The molecule has 1 heterocycles. The van der Waals surface area contributed by atoms with Crippen molar-refractivity contribution in [1.82, 2.24) is 16.0 Å². The molecule has 1 fully saturated rings. The second kappa shape index (κ2) is 6.13. The van der Waals surface area contributed by atoms with E-state index in [0.717, 1.165) is 12.8 Å². The van der Waals surface area contributed by atoms with Crippen molar-refractivity contribution in [2.75, 3.05) is 13.1 Å². The van der Waals surface area contributed by atoms with Crippen LogP contribution in [0.3, 0.4) is 0 Å². The fourth-order valence-electron chi connectivity index (χ4n) is 1.51. The third-order valence-corrected chi connectivity index (χ3v) is 2.42. The summed E-state index contributed by atoms with van der Waals surface area (Å²) in [6, 6.07) is -0.609. The summed E-state index contributed by atoms with van der Waals surface area (Å²) in [5.74, 6) is 2.29. The second-order valence-electron chi connectivity index (χ2n) is 3.75. The number of nitrogens with one attached hydrogen (secondary N) is 3. The third-order valence-electron chi connectivity index (χ3n) is 2.42. The van der Waals surface area contributed by atoms with Crippen molar-refractivity contribution in [1.29, 1.82) is 0 Å². The lowest BCUT2D eigenvalue weighted by Crippen LogP contribution is -2.59. The Morgan fingerprint density at radius 1 is 1.75 bits per heavy atom. The molecule has 0 aromatic heterocycles. The fourth-order valence-corrected chi connectivity index (χ4v) is 1.51. The molecule has 1 saturated heterocycles. The largest absolute Gasteiger partial charge is 0.353 e. The Kier molecular flexibility index (Phi) is 4.80. The quantitative estimate of drug-likeness (QED) is 0.535. The molecule has 0 spiro atoms. The van der Waals surface area contributed by atoms with Gasteiger partial charge in [-0.3, -0.25) is 14.9 Å². The molecule has 16 heavy (non-hydrogen) atoms. The Hall–Kier alpha value is -1.54. The van der Waals surface area contributed by atoms with E-state index in [1.807, 2.05) is 6.92 Å². The highest BCUT2D eigenvalue weighted by Crippen LogP contribution is 1.96. The first-order valence-electron chi connectivity index (χ1n) is 5.44. The Morgan fingerprint density at radius 2 is 2.50 bits per heavy atom. The molecule has 1 aliphatic rings. The molecule has 0 aromatic rings. The zero-order valence-electron chi connectivity index (χ0n) is 9.38. The van der Waals surface area contributed by atoms with Gasteiger partial charge in [-0.2, -0.15) is 0 Å². The van der Waals surface area contributed by atoms with Crippen molar-refractivity contribution >= 4 is 11.8 Å². The van der Waals surface area contributed by atoms with E-state index in [0.29, 0.717) is 6.54 Å². The van der Waals surface area contributed by atoms with Crippen LogP contribution in [0.25, 0.3) is 0 Å². The van der Waals surface area contributed by atoms with Gasteiger partial charge in [0.1, 0.15) is 6.04 Å². The first-order chi connectivity index (χ1) is 7.67. The van der Waals surface area contributed by atoms with Crippen molar-refractivity contribution in [3.63, 3.8) is 0 Å². The van der Waals surface area contributed by atoms with E-state index < -0.39 is 0 Å². The molecule has 1 rings (SSSR count). The molecule has 0 aromatic carbocycles. The van der Waals surface area contributed by atoms with Gasteiger partial charge in [-0.15, -0.1) is 6.42 Å². The number of carbonyl (C=O) groups excluding carboxylic acids is 2. The Morgan fingerprint density at radius 3 is 3.00 bits per heavy atom. The average Bonchev–Trinajstić information content (AvgIpc) is 2.29. The Bertz CT molecular complexity index is 299. The van der Waals surface area contributed by atoms with Crippen LogP contribution in [0.15, 0.2) is 0 Å². The van der Waals surface area contributed by atoms with Crippen LogP contribution in [-0.2, 0) is 9.59 Å². The summed E-state index contributed by atoms with van der Waals surface area (Å²) < 4.78 is 0. The van der Waals surface area contributed by atoms with Gasteiger partial charge in [-0.05, 0) is 6.42 Å². The lowest BCUT2D eigenvalue weighted by molar-refractivity contribution is -0.126. The predicted octanol–water partition coefficient (Wildman–Crippen LogP) is -1.01. The van der Waals surface area contributed by atoms with E-state index >= 15 is 0 Å². The smallest absolute Gasteiger partial charge is 0.239 e. The normalized spacial score (nSPS) is 21.8. The molecular formula is C11H17N3O2. The number of piperazine rings is 1. The summed E-state index contributed by atoms with van der Waals surface area (Å²) in [6.45, 7) is 2.50. The van der Waals surface area contributed by atoms with E-state index in [1.54, 1.807) is 0 Å². The summed E-state index contributed by atoms with van der Waals surface area (Å²) in [4.78, 5) is 22.6. The maximum Gasteiger partial charge on any atom is 0.239 e. The minimum absolute atomic E-state index is 0.0916. The number of amides is 2. The Labute approximate surface area is 95.4 Å². The Balaban J connectivity index is 2.40. The molecule has 5 heteroatoms. The van der Waals surface area contributed by atoms with Gasteiger partial charge in [-0.1, -0.05) is 19.3 Å². The molecule has 0 saturated carbocycles. The van der Waals surface area contributed by atoms with E-state index in [4.69, 9.17) is 6.42 Å². The molecular weight excluding hydrogens is 206 g/mol. The first kappa shape index (κ1) is 12.5. The highest BCUT2D eigenvalue weighted by Gasteiger charge is 2.24. The van der Waals surface area contributed by atoms with Gasteiger partial charge in [0, 0.05) is 6.54 Å². The van der Waals surface area contributed by atoms with Crippen molar-refractivity contribution in [3.8, 4) is 12.3 Å². The highest BCUT2D eigenvalue weighted by atomic mass is 16.2. The van der Waals surface area contributed by atoms with Crippen LogP contribution in [-0.4, -0.2) is 37.0 Å². The van der Waals surface area contributed by atoms with E-state index in [2.05, 4.69) is 21.9 Å². The van der Waals surface area contributed by atoms with Gasteiger partial charge >= 0.3 is 0 Å². The van der Waals surface area contributed by atoms with Gasteiger partial charge < -0.3 is 10.6 Å². The highest BCUT2D eigenvalue weighted by molar-refractivity contribution is 5.87. The third kappa shape index (κ3) is 3.55. The maximum atomic E-state index is 11.7. The van der Waals surface area contributed by atoms with E-state index in [9.17, 15) is 9.59 Å². The second-order valence-corrected chi connectivity index (χ2v) is 3.75. The lowest BCUT2D eigenvalue weighted by atomic mass is 10.1. The van der Waals surface area contributed by atoms with Gasteiger partial charge in [0.2, 0.25) is 11.8 Å². The lowest BCUT2D eigenvalue weighted by Gasteiger charge is -2.24. The van der Waals surface area contributed by atoms with Crippen LogP contribution in [0.1, 0.15) is 19.8 Å². The van der Waals surface area contributed by atoms with Crippen LogP contribution in [0, 0.1) is 12.3 Å². The zero-order valence-corrected chi connectivity index (χ0v) is 9.38. The molecule has 0 radical (unpaired) electrons. The van der Waals surface area contributed by atoms with Crippen LogP contribution in [0.4, 0.5) is 0 Å². The zero-order chi connectivity index (χ0) is 12.0. The molecule has 0 bridgehead atoms. The van der Waals surface area contributed by atoms with Crippen molar-refractivity contribution in [3.05, 3.63) is 0 Å². The van der Waals surface area contributed by atoms with E-state index in [1.165, 1.54) is 0 Å². The van der Waals surface area contributed by atoms with Crippen LogP contribution in [0.5, 0.6) is 0 Å². The molecule has 2 unspecified atom stereocenters. The maximum absolute atomic E-state index is 11.7. The first-order valence-corrected chi connectivity index (χ1v) is 5.44. The van der Waals surface area contributed by atoms with Crippen molar-refractivity contribution in [2.45, 2.75) is 31.8 Å². The monoisotopic (exact) mass is 223 g/mol. The summed E-state index contributed by atoms with van der Waals surface area (Å²) in [5.41, 5.74) is 0. The van der Waals surface area contributed by atoms with Gasteiger partial charge in [0.15, 0.2) is 0 Å². The molecule has 1 aliphatic heterocycles. The van der Waals surface area contributed by atoms with Gasteiger partial charge in [-0.25, -0.2) is 0 Å². The molecule has 0 aliphatic carbocycles. The van der Waals surface area contributed by atoms with Crippen molar-refractivity contribution in [2.24, 2.45) is 0 Å². The SMILES string of the molecule is C#CC(CCC)NC(=O)C1CNC(=O)CN1. The molecule has 3 N–H and O–H groups in total. The summed E-state index contributed by atoms with van der Waals surface area (Å²) in [6.07, 6.45) is 6.99. The van der Waals surface area contributed by atoms with Crippen LogP contribution >= 0.6 is 0 Å². The van der Waals surface area contributed by atoms with E-state index in [-0.39, 0.29) is 30.4 Å². The van der Waals surface area contributed by atoms with Crippen molar-refractivity contribution < 1.29 is 9.59 Å². The fraction of sp³-hybridized carbons (Fsp3) is 0.636. The number of hydrogen-bond donors (Lipinski definition) is 3. The number of rotatable bonds is 4.